The van der Waals surface area contributed by atoms with Gasteiger partial charge in [-0.15, -0.1) is 6.58 Å². The molecule has 1 fully saturated rings. The number of hydrogen-bond donors (Lipinski definition) is 0. The summed E-state index contributed by atoms with van der Waals surface area (Å²) in [5, 5.41) is 0. The van der Waals surface area contributed by atoms with Gasteiger partial charge in [-0.3, -0.25) is 0 Å². The van der Waals surface area contributed by atoms with Crippen molar-refractivity contribution in [3.63, 3.8) is 0 Å². The molecule has 1 unspecified atom stereocenters. The zero-order chi connectivity index (χ0) is 10.7. The highest BCUT2D eigenvalue weighted by Crippen LogP contribution is 2.30. The molecular formula is C12H17FO2. The molecule has 1 saturated heterocycles. The second-order valence-corrected chi connectivity index (χ2v) is 4.22. The van der Waals surface area contributed by atoms with Crippen molar-refractivity contribution < 1.29 is 13.9 Å². The lowest BCUT2D eigenvalue weighted by atomic mass is 9.92. The molecule has 2 aliphatic rings. The quantitative estimate of drug-likeness (QED) is 0.655. The summed E-state index contributed by atoms with van der Waals surface area (Å²) in [4.78, 5) is 0. The van der Waals surface area contributed by atoms with E-state index < -0.39 is 0 Å². The summed E-state index contributed by atoms with van der Waals surface area (Å²) in [5.41, 5.74) is 0. The van der Waals surface area contributed by atoms with Gasteiger partial charge in [0.05, 0.1) is 19.0 Å². The fourth-order valence-corrected chi connectivity index (χ4v) is 2.01. The van der Waals surface area contributed by atoms with Crippen molar-refractivity contribution in [1.82, 2.24) is 0 Å². The first-order valence-electron chi connectivity index (χ1n) is 5.50. The van der Waals surface area contributed by atoms with E-state index >= 15 is 0 Å². The van der Waals surface area contributed by atoms with E-state index in [9.17, 15) is 4.39 Å². The fourth-order valence-electron chi connectivity index (χ4n) is 2.01. The van der Waals surface area contributed by atoms with Crippen LogP contribution >= 0.6 is 0 Å². The molecule has 3 heteroatoms. The highest BCUT2D eigenvalue weighted by atomic mass is 19.1. The second-order valence-electron chi connectivity index (χ2n) is 4.22. The van der Waals surface area contributed by atoms with Gasteiger partial charge in [-0.25, -0.2) is 4.39 Å². The first-order valence-corrected chi connectivity index (χ1v) is 5.50. The van der Waals surface area contributed by atoms with Gasteiger partial charge in [-0.05, 0) is 19.3 Å². The van der Waals surface area contributed by atoms with Gasteiger partial charge >= 0.3 is 0 Å². The van der Waals surface area contributed by atoms with Crippen molar-refractivity contribution in [3.05, 3.63) is 24.6 Å². The lowest BCUT2D eigenvalue weighted by Crippen LogP contribution is -2.36. The van der Waals surface area contributed by atoms with Crippen LogP contribution in [0.15, 0.2) is 24.6 Å². The molecule has 1 heterocycles. The number of ether oxygens (including phenoxy) is 2. The van der Waals surface area contributed by atoms with Gasteiger partial charge in [-0.2, -0.15) is 0 Å². The van der Waals surface area contributed by atoms with Crippen molar-refractivity contribution in [2.24, 2.45) is 11.8 Å². The summed E-state index contributed by atoms with van der Waals surface area (Å²) in [5.74, 6) is 0.624. The molecule has 15 heavy (non-hydrogen) atoms. The Morgan fingerprint density at radius 2 is 2.13 bits per heavy atom. The van der Waals surface area contributed by atoms with Crippen LogP contribution in [0.4, 0.5) is 4.39 Å². The van der Waals surface area contributed by atoms with Crippen LogP contribution in [0.5, 0.6) is 0 Å². The first-order chi connectivity index (χ1) is 7.29. The van der Waals surface area contributed by atoms with E-state index in [0.717, 1.165) is 12.8 Å². The molecule has 0 aromatic carbocycles. The monoisotopic (exact) mass is 212 g/mol. The van der Waals surface area contributed by atoms with E-state index in [1.54, 1.807) is 6.08 Å². The molecule has 0 radical (unpaired) electrons. The summed E-state index contributed by atoms with van der Waals surface area (Å²) in [6, 6.07) is 0. The van der Waals surface area contributed by atoms with Crippen molar-refractivity contribution in [2.45, 2.75) is 25.6 Å². The second kappa shape index (κ2) is 4.90. The number of rotatable bonds is 2. The molecule has 2 nitrogen and oxygen atoms in total. The maximum Gasteiger partial charge on any atom is 0.160 e. The lowest BCUT2D eigenvalue weighted by Gasteiger charge is -2.34. The Bertz CT molecular complexity index is 254. The standard InChI is InChI=1S/C12H17FO2/c1-2-9-7-14-12(15-8-9)10-3-5-11(13)6-4-10/h2,5,9-10,12H,1,3-4,6-8H2. The van der Waals surface area contributed by atoms with Crippen molar-refractivity contribution >= 4 is 0 Å². The zero-order valence-corrected chi connectivity index (χ0v) is 8.82. The summed E-state index contributed by atoms with van der Waals surface area (Å²) in [7, 11) is 0. The van der Waals surface area contributed by atoms with Crippen molar-refractivity contribution in [3.8, 4) is 0 Å². The molecule has 0 saturated carbocycles. The maximum absolute atomic E-state index is 12.8. The van der Waals surface area contributed by atoms with Gasteiger partial charge < -0.3 is 9.47 Å². The zero-order valence-electron chi connectivity index (χ0n) is 8.82. The third kappa shape index (κ3) is 2.67. The summed E-state index contributed by atoms with van der Waals surface area (Å²) in [6.07, 6.45) is 5.45. The Morgan fingerprint density at radius 3 is 2.67 bits per heavy atom. The summed E-state index contributed by atoms with van der Waals surface area (Å²) >= 11 is 0. The molecule has 0 amide bonds. The number of halogens is 1. The number of hydrogen-bond acceptors (Lipinski definition) is 2. The average molecular weight is 212 g/mol. The van der Waals surface area contributed by atoms with Crippen LogP contribution in [0.3, 0.4) is 0 Å². The molecule has 2 rings (SSSR count). The van der Waals surface area contributed by atoms with Crippen LogP contribution in [0.25, 0.3) is 0 Å². The molecule has 84 valence electrons. The van der Waals surface area contributed by atoms with Gasteiger partial charge in [0.25, 0.3) is 0 Å². The summed E-state index contributed by atoms with van der Waals surface area (Å²) in [6.45, 7) is 5.07. The van der Waals surface area contributed by atoms with E-state index in [1.807, 2.05) is 6.08 Å². The first kappa shape index (κ1) is 10.8. The molecular weight excluding hydrogens is 195 g/mol. The smallest absolute Gasteiger partial charge is 0.160 e. The molecule has 1 aliphatic heterocycles. The van der Waals surface area contributed by atoms with Crippen LogP contribution in [0, 0.1) is 11.8 Å². The SMILES string of the molecule is C=CC1COC(C2CC=C(F)CC2)OC1. The van der Waals surface area contributed by atoms with Crippen LogP contribution in [0.1, 0.15) is 19.3 Å². The van der Waals surface area contributed by atoms with E-state index in [4.69, 9.17) is 9.47 Å². The molecule has 1 aliphatic carbocycles. The molecule has 0 aromatic heterocycles. The Labute approximate surface area is 89.8 Å². The molecule has 0 bridgehead atoms. The predicted molar refractivity (Wildman–Crippen MR) is 55.9 cm³/mol. The maximum atomic E-state index is 12.8. The van der Waals surface area contributed by atoms with Gasteiger partial charge in [0.15, 0.2) is 6.29 Å². The van der Waals surface area contributed by atoms with Gasteiger partial charge in [0.1, 0.15) is 0 Å². The topological polar surface area (TPSA) is 18.5 Å². The third-order valence-corrected chi connectivity index (χ3v) is 3.06. The molecule has 1 atom stereocenters. The highest BCUT2D eigenvalue weighted by molar-refractivity contribution is 4.98. The third-order valence-electron chi connectivity index (χ3n) is 3.06. The minimum Gasteiger partial charge on any atom is -0.352 e. The Hall–Kier alpha value is -0.670. The highest BCUT2D eigenvalue weighted by Gasteiger charge is 2.29. The van der Waals surface area contributed by atoms with Crippen molar-refractivity contribution in [1.29, 1.82) is 0 Å². The van der Waals surface area contributed by atoms with E-state index in [1.165, 1.54) is 0 Å². The van der Waals surface area contributed by atoms with Crippen LogP contribution in [-0.2, 0) is 9.47 Å². The van der Waals surface area contributed by atoms with Gasteiger partial charge in [0.2, 0.25) is 0 Å². The number of allylic oxidation sites excluding steroid dienone is 2. The summed E-state index contributed by atoms with van der Waals surface area (Å²) < 4.78 is 24.0. The van der Waals surface area contributed by atoms with Crippen molar-refractivity contribution in [2.75, 3.05) is 13.2 Å². The predicted octanol–water partition coefficient (Wildman–Crippen LogP) is 2.82. The minimum atomic E-state index is -0.148. The molecule has 0 N–H and O–H groups in total. The van der Waals surface area contributed by atoms with Gasteiger partial charge in [-0.1, -0.05) is 12.2 Å². The minimum absolute atomic E-state index is 0.00558. The van der Waals surface area contributed by atoms with Crippen LogP contribution in [-0.4, -0.2) is 19.5 Å². The van der Waals surface area contributed by atoms with E-state index in [-0.39, 0.29) is 12.1 Å². The van der Waals surface area contributed by atoms with Crippen LogP contribution < -0.4 is 0 Å². The van der Waals surface area contributed by atoms with Gasteiger partial charge in [0, 0.05) is 11.8 Å². The van der Waals surface area contributed by atoms with E-state index in [0.29, 0.717) is 31.5 Å². The Balaban J connectivity index is 1.83. The van der Waals surface area contributed by atoms with Crippen LogP contribution in [0.2, 0.25) is 0 Å². The lowest BCUT2D eigenvalue weighted by molar-refractivity contribution is -0.218. The average Bonchev–Trinajstić information content (AvgIpc) is 2.30. The Kier molecular flexibility index (Phi) is 3.54. The fraction of sp³-hybridized carbons (Fsp3) is 0.667. The Morgan fingerprint density at radius 1 is 1.40 bits per heavy atom. The largest absolute Gasteiger partial charge is 0.352 e. The molecule has 0 aromatic rings. The molecule has 0 spiro atoms. The van der Waals surface area contributed by atoms with E-state index in [2.05, 4.69) is 6.58 Å². The normalized spacial score (nSPS) is 37.1.